The summed E-state index contributed by atoms with van der Waals surface area (Å²) in [4.78, 5) is 19.4. The maximum atomic E-state index is 12.7. The Hall–Kier alpha value is -2.15. The van der Waals surface area contributed by atoms with E-state index in [2.05, 4.69) is 27.3 Å². The topological polar surface area (TPSA) is 68.0 Å². The van der Waals surface area contributed by atoms with E-state index >= 15 is 0 Å². The fourth-order valence-corrected chi connectivity index (χ4v) is 3.45. The molecular weight excluding hydrogens is 304 g/mol. The number of carbonyl (C=O) groups excluding carboxylic acids is 1. The van der Waals surface area contributed by atoms with E-state index in [9.17, 15) is 4.79 Å². The minimum atomic E-state index is -0.0990. The first kappa shape index (κ1) is 15.4. The number of fused-ring (bicyclic) bond motifs is 1. The number of nitrogens with one attached hydrogen (secondary N) is 1. The Morgan fingerprint density at radius 3 is 2.88 bits per heavy atom. The van der Waals surface area contributed by atoms with Crippen molar-refractivity contribution < 1.29 is 4.79 Å². The second-order valence-electron chi connectivity index (χ2n) is 7.02. The lowest BCUT2D eigenvalue weighted by Gasteiger charge is -2.17. The number of rotatable bonds is 4. The van der Waals surface area contributed by atoms with Crippen LogP contribution in [-0.2, 0) is 20.1 Å². The maximum Gasteiger partial charge on any atom is 0.272 e. The van der Waals surface area contributed by atoms with Gasteiger partial charge in [-0.15, -0.1) is 0 Å². The standard InChI is InChI=1S/C17H24N6O/c1-21-7-3-8-23-13(11-21)10-14(20-23)17(24)19-15(12-4-5-12)16-18-6-9-22(16)2/h6,9-10,12,15H,3-5,7-8,11H2,1-2H3,(H,19,24)/t15-/m1/s1. The van der Waals surface area contributed by atoms with Gasteiger partial charge in [-0.05, 0) is 38.3 Å². The summed E-state index contributed by atoms with van der Waals surface area (Å²) < 4.78 is 3.96. The molecule has 1 atom stereocenters. The van der Waals surface area contributed by atoms with Crippen molar-refractivity contribution in [2.24, 2.45) is 13.0 Å². The molecule has 0 aromatic carbocycles. The molecule has 1 fully saturated rings. The summed E-state index contributed by atoms with van der Waals surface area (Å²) in [6.45, 7) is 2.78. The summed E-state index contributed by atoms with van der Waals surface area (Å²) in [6.07, 6.45) is 7.05. The van der Waals surface area contributed by atoms with E-state index in [0.29, 0.717) is 11.6 Å². The average molecular weight is 328 g/mol. The highest BCUT2D eigenvalue weighted by atomic mass is 16.2. The van der Waals surface area contributed by atoms with Crippen LogP contribution in [0.1, 0.15) is 47.3 Å². The van der Waals surface area contributed by atoms with Crippen molar-refractivity contribution in [2.75, 3.05) is 13.6 Å². The van der Waals surface area contributed by atoms with Crippen molar-refractivity contribution in [1.29, 1.82) is 0 Å². The summed E-state index contributed by atoms with van der Waals surface area (Å²) >= 11 is 0. The van der Waals surface area contributed by atoms with Gasteiger partial charge in [-0.1, -0.05) is 0 Å². The van der Waals surface area contributed by atoms with Crippen LogP contribution in [0.15, 0.2) is 18.5 Å². The van der Waals surface area contributed by atoms with Gasteiger partial charge >= 0.3 is 0 Å². The van der Waals surface area contributed by atoms with Crippen molar-refractivity contribution >= 4 is 5.91 Å². The summed E-state index contributed by atoms with van der Waals surface area (Å²) in [5, 5.41) is 7.70. The Bertz CT molecular complexity index is 744. The molecule has 24 heavy (non-hydrogen) atoms. The molecule has 1 saturated carbocycles. The largest absolute Gasteiger partial charge is 0.340 e. The van der Waals surface area contributed by atoms with E-state index < -0.39 is 0 Å². The first-order valence-electron chi connectivity index (χ1n) is 8.65. The fraction of sp³-hybridized carbons (Fsp3) is 0.588. The third-order valence-electron chi connectivity index (χ3n) is 4.95. The van der Waals surface area contributed by atoms with Gasteiger partial charge in [-0.25, -0.2) is 4.98 Å². The number of hydrogen-bond acceptors (Lipinski definition) is 4. The minimum Gasteiger partial charge on any atom is -0.340 e. The van der Waals surface area contributed by atoms with Crippen molar-refractivity contribution in [2.45, 2.75) is 38.4 Å². The van der Waals surface area contributed by atoms with Gasteiger partial charge in [-0.2, -0.15) is 5.10 Å². The molecule has 0 bridgehead atoms. The van der Waals surface area contributed by atoms with Crippen molar-refractivity contribution in [1.82, 2.24) is 29.5 Å². The monoisotopic (exact) mass is 328 g/mol. The van der Waals surface area contributed by atoms with Crippen LogP contribution in [0, 0.1) is 5.92 Å². The van der Waals surface area contributed by atoms with Crippen molar-refractivity contribution in [3.05, 3.63) is 35.7 Å². The molecule has 1 aliphatic carbocycles. The van der Waals surface area contributed by atoms with Gasteiger partial charge in [0.2, 0.25) is 0 Å². The molecule has 0 radical (unpaired) electrons. The highest BCUT2D eigenvalue weighted by Crippen LogP contribution is 2.40. The maximum absolute atomic E-state index is 12.7. The predicted octanol–water partition coefficient (Wildman–Crippen LogP) is 1.33. The Morgan fingerprint density at radius 1 is 1.33 bits per heavy atom. The van der Waals surface area contributed by atoms with Crippen LogP contribution in [0.2, 0.25) is 0 Å². The molecule has 4 rings (SSSR count). The first-order valence-corrected chi connectivity index (χ1v) is 8.65. The van der Waals surface area contributed by atoms with Gasteiger partial charge in [0.05, 0.1) is 11.7 Å². The molecule has 1 amide bonds. The molecule has 128 valence electrons. The van der Waals surface area contributed by atoms with E-state index in [4.69, 9.17) is 0 Å². The van der Waals surface area contributed by atoms with Gasteiger partial charge in [0.1, 0.15) is 5.82 Å². The van der Waals surface area contributed by atoms with Gasteiger partial charge in [0.25, 0.3) is 5.91 Å². The van der Waals surface area contributed by atoms with Crippen LogP contribution in [0.5, 0.6) is 0 Å². The van der Waals surface area contributed by atoms with E-state index in [-0.39, 0.29) is 11.9 Å². The molecular formula is C17H24N6O. The Balaban J connectivity index is 1.53. The number of imidazole rings is 1. The highest BCUT2D eigenvalue weighted by Gasteiger charge is 2.36. The van der Waals surface area contributed by atoms with Gasteiger partial charge in [0, 0.05) is 39.1 Å². The van der Waals surface area contributed by atoms with Crippen LogP contribution in [0.4, 0.5) is 0 Å². The predicted molar refractivity (Wildman–Crippen MR) is 89.3 cm³/mol. The SMILES string of the molecule is CN1CCCn2nc(C(=O)N[C@@H](c3nccn3C)C3CC3)cc2C1. The first-order chi connectivity index (χ1) is 11.6. The zero-order valence-electron chi connectivity index (χ0n) is 14.3. The fourth-order valence-electron chi connectivity index (χ4n) is 3.45. The summed E-state index contributed by atoms with van der Waals surface area (Å²) in [6, 6.07) is 1.90. The Kier molecular flexibility index (Phi) is 3.88. The van der Waals surface area contributed by atoms with E-state index in [1.165, 1.54) is 0 Å². The lowest BCUT2D eigenvalue weighted by molar-refractivity contribution is 0.0923. The molecule has 7 heteroatoms. The van der Waals surface area contributed by atoms with Crippen molar-refractivity contribution in [3.63, 3.8) is 0 Å². The van der Waals surface area contributed by atoms with Crippen LogP contribution >= 0.6 is 0 Å². The van der Waals surface area contributed by atoms with Gasteiger partial charge in [0.15, 0.2) is 5.69 Å². The van der Waals surface area contributed by atoms with Gasteiger partial charge in [-0.3, -0.25) is 9.48 Å². The number of nitrogens with zero attached hydrogens (tertiary/aromatic N) is 5. The third-order valence-corrected chi connectivity index (χ3v) is 4.95. The van der Waals surface area contributed by atoms with Gasteiger partial charge < -0.3 is 14.8 Å². The molecule has 3 heterocycles. The molecule has 0 unspecified atom stereocenters. The highest BCUT2D eigenvalue weighted by molar-refractivity contribution is 5.92. The lowest BCUT2D eigenvalue weighted by atomic mass is 10.1. The summed E-state index contributed by atoms with van der Waals surface area (Å²) in [7, 11) is 4.07. The van der Waals surface area contributed by atoms with E-state index in [0.717, 1.165) is 50.4 Å². The minimum absolute atomic E-state index is 0.0262. The summed E-state index contributed by atoms with van der Waals surface area (Å²) in [5.74, 6) is 1.31. The molecule has 0 spiro atoms. The molecule has 0 saturated heterocycles. The number of hydrogen-bond donors (Lipinski definition) is 1. The molecule has 2 aliphatic rings. The van der Waals surface area contributed by atoms with Crippen LogP contribution < -0.4 is 5.32 Å². The molecule has 7 nitrogen and oxygen atoms in total. The second-order valence-corrected chi connectivity index (χ2v) is 7.02. The van der Waals surface area contributed by atoms with Crippen LogP contribution in [0.3, 0.4) is 0 Å². The number of carbonyl (C=O) groups is 1. The number of amides is 1. The Labute approximate surface area is 141 Å². The lowest BCUT2D eigenvalue weighted by Crippen LogP contribution is -2.32. The smallest absolute Gasteiger partial charge is 0.272 e. The number of aromatic nitrogens is 4. The van der Waals surface area contributed by atoms with E-state index in [1.807, 2.05) is 28.6 Å². The molecule has 1 N–H and O–H groups in total. The third kappa shape index (κ3) is 2.96. The zero-order chi connectivity index (χ0) is 16.7. The molecule has 2 aromatic rings. The zero-order valence-corrected chi connectivity index (χ0v) is 14.3. The van der Waals surface area contributed by atoms with Crippen LogP contribution in [0.25, 0.3) is 0 Å². The second kappa shape index (κ2) is 6.05. The average Bonchev–Trinajstić information content (AvgIpc) is 3.23. The molecule has 1 aliphatic heterocycles. The van der Waals surface area contributed by atoms with Crippen LogP contribution in [-0.4, -0.2) is 43.7 Å². The Morgan fingerprint density at radius 2 is 2.17 bits per heavy atom. The summed E-state index contributed by atoms with van der Waals surface area (Å²) in [5.41, 5.74) is 1.63. The number of aryl methyl sites for hydroxylation is 2. The molecule has 2 aromatic heterocycles. The normalized spacial score (nSPS) is 19.6. The quantitative estimate of drug-likeness (QED) is 0.919. The van der Waals surface area contributed by atoms with Crippen molar-refractivity contribution in [3.8, 4) is 0 Å². The van der Waals surface area contributed by atoms with E-state index in [1.54, 1.807) is 6.20 Å².